The van der Waals surface area contributed by atoms with Crippen LogP contribution in [0.25, 0.3) is 10.2 Å². The van der Waals surface area contributed by atoms with Gasteiger partial charge in [-0.25, -0.2) is 0 Å². The summed E-state index contributed by atoms with van der Waals surface area (Å²) in [6.07, 6.45) is 4.88. The normalized spacial score (nSPS) is 17.8. The molecule has 6 nitrogen and oxygen atoms in total. The molecule has 0 saturated carbocycles. The van der Waals surface area contributed by atoms with E-state index in [1.54, 1.807) is 6.20 Å². The van der Waals surface area contributed by atoms with Crippen molar-refractivity contribution in [2.24, 2.45) is 7.05 Å². The molecule has 1 N–H and O–H groups in total. The Kier molecular flexibility index (Phi) is 5.22. The Morgan fingerprint density at radius 1 is 1.37 bits per heavy atom. The van der Waals surface area contributed by atoms with Crippen LogP contribution >= 0.6 is 11.3 Å². The van der Waals surface area contributed by atoms with Crippen molar-refractivity contribution in [3.63, 3.8) is 0 Å². The van der Waals surface area contributed by atoms with Crippen LogP contribution in [0.3, 0.4) is 0 Å². The van der Waals surface area contributed by atoms with E-state index in [-0.39, 0.29) is 11.9 Å². The van der Waals surface area contributed by atoms with Crippen LogP contribution in [0.5, 0.6) is 0 Å². The first-order valence-corrected chi connectivity index (χ1v) is 10.3. The van der Waals surface area contributed by atoms with Crippen LogP contribution in [0.1, 0.15) is 40.3 Å². The monoisotopic (exact) mass is 383 g/mol. The predicted molar refractivity (Wildman–Crippen MR) is 108 cm³/mol. The van der Waals surface area contributed by atoms with Gasteiger partial charge in [0.25, 0.3) is 5.91 Å². The van der Waals surface area contributed by atoms with Crippen molar-refractivity contribution in [3.8, 4) is 0 Å². The fraction of sp³-hybridized carbons (Fsp3) is 0.450. The number of amides is 1. The van der Waals surface area contributed by atoms with E-state index in [1.807, 2.05) is 47.8 Å². The molecule has 4 heterocycles. The molecule has 1 amide bonds. The fourth-order valence-electron chi connectivity index (χ4n) is 3.80. The highest BCUT2D eigenvalue weighted by molar-refractivity contribution is 7.20. The fourth-order valence-corrected chi connectivity index (χ4v) is 4.88. The van der Waals surface area contributed by atoms with Crippen LogP contribution in [-0.2, 0) is 13.6 Å². The molecule has 0 bridgehead atoms. The Bertz CT molecular complexity index is 890. The number of aromatic nitrogens is 3. The van der Waals surface area contributed by atoms with E-state index in [4.69, 9.17) is 0 Å². The third-order valence-electron chi connectivity index (χ3n) is 5.21. The molecule has 1 atom stereocenters. The van der Waals surface area contributed by atoms with Crippen LogP contribution in [0.4, 0.5) is 0 Å². The second-order valence-electron chi connectivity index (χ2n) is 7.13. The van der Waals surface area contributed by atoms with E-state index in [9.17, 15) is 4.79 Å². The number of aryl methyl sites for hydroxylation is 2. The second kappa shape index (κ2) is 7.78. The van der Waals surface area contributed by atoms with Crippen LogP contribution in [0.15, 0.2) is 30.5 Å². The molecule has 0 spiro atoms. The number of nitrogens with one attached hydrogen (secondary N) is 1. The molecule has 1 unspecified atom stereocenters. The zero-order valence-corrected chi connectivity index (χ0v) is 16.6. The summed E-state index contributed by atoms with van der Waals surface area (Å²) >= 11 is 1.53. The van der Waals surface area contributed by atoms with Crippen molar-refractivity contribution < 1.29 is 4.79 Å². The summed E-state index contributed by atoms with van der Waals surface area (Å²) in [6, 6.07) is 8.12. The first-order valence-electron chi connectivity index (χ1n) is 9.48. The van der Waals surface area contributed by atoms with E-state index in [0.29, 0.717) is 6.54 Å². The van der Waals surface area contributed by atoms with Gasteiger partial charge in [0.05, 0.1) is 22.8 Å². The second-order valence-corrected chi connectivity index (χ2v) is 8.16. The number of carbonyl (C=O) groups excluding carboxylic acids is 1. The molecule has 0 aliphatic carbocycles. The number of thiophene rings is 1. The molecule has 3 aromatic rings. The summed E-state index contributed by atoms with van der Waals surface area (Å²) in [6.45, 7) is 4.52. The number of hydrogen-bond acceptors (Lipinski definition) is 5. The maximum absolute atomic E-state index is 13.5. The summed E-state index contributed by atoms with van der Waals surface area (Å²) in [4.78, 5) is 21.8. The third-order valence-corrected chi connectivity index (χ3v) is 6.40. The lowest BCUT2D eigenvalue weighted by Gasteiger charge is -2.30. The van der Waals surface area contributed by atoms with Crippen molar-refractivity contribution in [3.05, 3.63) is 46.7 Å². The summed E-state index contributed by atoms with van der Waals surface area (Å²) in [5, 5.41) is 8.97. The molecule has 142 valence electrons. The molecule has 1 aliphatic heterocycles. The van der Waals surface area contributed by atoms with Gasteiger partial charge in [0.1, 0.15) is 4.83 Å². The maximum atomic E-state index is 13.5. The van der Waals surface area contributed by atoms with E-state index >= 15 is 0 Å². The first kappa shape index (κ1) is 18.1. The quantitative estimate of drug-likeness (QED) is 0.752. The Morgan fingerprint density at radius 3 is 3.04 bits per heavy atom. The van der Waals surface area contributed by atoms with Crippen molar-refractivity contribution in [1.29, 1.82) is 0 Å². The van der Waals surface area contributed by atoms with Gasteiger partial charge in [0, 0.05) is 24.7 Å². The van der Waals surface area contributed by atoms with E-state index < -0.39 is 0 Å². The van der Waals surface area contributed by atoms with Crippen LogP contribution < -0.4 is 5.32 Å². The van der Waals surface area contributed by atoms with Gasteiger partial charge in [-0.05, 0) is 57.5 Å². The number of hydrogen-bond donors (Lipinski definition) is 1. The Balaban J connectivity index is 1.66. The molecule has 1 saturated heterocycles. The van der Waals surface area contributed by atoms with Gasteiger partial charge in [-0.1, -0.05) is 6.07 Å². The standard InChI is InChI=1S/C20H25N5OS/c1-14-17-12-18(27-20(17)24(2)23-14)19(26)25(13-15-6-3-4-10-22-15)16-7-5-9-21-11-8-16/h3-4,6,10,12,16,21H,5,7-9,11,13H2,1-2H3. The predicted octanol–water partition coefficient (Wildman–Crippen LogP) is 3.12. The minimum atomic E-state index is 0.105. The Hall–Kier alpha value is -2.25. The summed E-state index contributed by atoms with van der Waals surface area (Å²) in [5.41, 5.74) is 1.90. The molecule has 0 radical (unpaired) electrons. The molecule has 1 fully saturated rings. The summed E-state index contributed by atoms with van der Waals surface area (Å²) in [7, 11) is 1.93. The molecule has 4 rings (SSSR count). The van der Waals surface area contributed by atoms with Crippen molar-refractivity contribution in [2.75, 3.05) is 13.1 Å². The molecular weight excluding hydrogens is 358 g/mol. The van der Waals surface area contributed by atoms with Crippen molar-refractivity contribution in [1.82, 2.24) is 25.0 Å². The topological polar surface area (TPSA) is 63.1 Å². The SMILES string of the molecule is Cc1nn(C)c2sc(C(=O)N(Cc3ccccn3)C3CCCNCC3)cc12. The Morgan fingerprint density at radius 2 is 2.26 bits per heavy atom. The summed E-state index contributed by atoms with van der Waals surface area (Å²) in [5.74, 6) is 0.105. The molecule has 0 aromatic carbocycles. The van der Waals surface area contributed by atoms with E-state index in [2.05, 4.69) is 15.4 Å². The Labute approximate surface area is 163 Å². The lowest BCUT2D eigenvalue weighted by Crippen LogP contribution is -2.40. The number of fused-ring (bicyclic) bond motifs is 1. The third kappa shape index (κ3) is 3.75. The average molecular weight is 384 g/mol. The van der Waals surface area contributed by atoms with Gasteiger partial charge in [-0.3, -0.25) is 14.5 Å². The van der Waals surface area contributed by atoms with Gasteiger partial charge in [-0.2, -0.15) is 5.10 Å². The number of nitrogens with zero attached hydrogens (tertiary/aromatic N) is 4. The molecule has 1 aliphatic rings. The smallest absolute Gasteiger partial charge is 0.264 e. The maximum Gasteiger partial charge on any atom is 0.264 e. The highest BCUT2D eigenvalue weighted by atomic mass is 32.1. The highest BCUT2D eigenvalue weighted by Crippen LogP contribution is 2.30. The minimum Gasteiger partial charge on any atom is -0.329 e. The van der Waals surface area contributed by atoms with E-state index in [0.717, 1.165) is 58.8 Å². The van der Waals surface area contributed by atoms with Crippen LogP contribution in [0, 0.1) is 6.92 Å². The number of carbonyl (C=O) groups is 1. The molecular formula is C20H25N5OS. The van der Waals surface area contributed by atoms with Crippen LogP contribution in [0.2, 0.25) is 0 Å². The number of rotatable bonds is 4. The zero-order valence-electron chi connectivity index (χ0n) is 15.8. The number of pyridine rings is 1. The first-order chi connectivity index (χ1) is 13.1. The lowest BCUT2D eigenvalue weighted by molar-refractivity contribution is 0.0647. The molecule has 27 heavy (non-hydrogen) atoms. The van der Waals surface area contributed by atoms with Gasteiger partial charge in [-0.15, -0.1) is 11.3 Å². The van der Waals surface area contributed by atoms with Gasteiger partial charge < -0.3 is 10.2 Å². The van der Waals surface area contributed by atoms with Gasteiger partial charge >= 0.3 is 0 Å². The van der Waals surface area contributed by atoms with Crippen molar-refractivity contribution in [2.45, 2.75) is 38.8 Å². The van der Waals surface area contributed by atoms with E-state index in [1.165, 1.54) is 11.3 Å². The largest absolute Gasteiger partial charge is 0.329 e. The van der Waals surface area contributed by atoms with Gasteiger partial charge in [0.2, 0.25) is 0 Å². The summed E-state index contributed by atoms with van der Waals surface area (Å²) < 4.78 is 1.87. The zero-order chi connectivity index (χ0) is 18.8. The molecule has 3 aromatic heterocycles. The average Bonchev–Trinajstić information content (AvgIpc) is 3.10. The molecule has 7 heteroatoms. The van der Waals surface area contributed by atoms with Gasteiger partial charge in [0.15, 0.2) is 0 Å². The van der Waals surface area contributed by atoms with Crippen LogP contribution in [-0.4, -0.2) is 44.7 Å². The van der Waals surface area contributed by atoms with Crippen molar-refractivity contribution >= 4 is 27.5 Å². The highest BCUT2D eigenvalue weighted by Gasteiger charge is 2.28. The minimum absolute atomic E-state index is 0.105. The lowest BCUT2D eigenvalue weighted by atomic mass is 10.1.